The third-order valence-corrected chi connectivity index (χ3v) is 2.03. The zero-order valence-electron chi connectivity index (χ0n) is 12.7. The van der Waals surface area contributed by atoms with Crippen molar-refractivity contribution in [2.45, 2.75) is 34.6 Å². The molecule has 0 radical (unpaired) electrons. The summed E-state index contributed by atoms with van der Waals surface area (Å²) in [6.07, 6.45) is 4.81. The number of rotatable bonds is 3. The highest BCUT2D eigenvalue weighted by atomic mass is 16.3. The molecule has 0 fully saturated rings. The summed E-state index contributed by atoms with van der Waals surface area (Å²) in [5.74, 6) is -0.00667. The lowest BCUT2D eigenvalue weighted by molar-refractivity contribution is -0.112. The van der Waals surface area contributed by atoms with Crippen LogP contribution in [0.4, 0.5) is 0 Å². The van der Waals surface area contributed by atoms with Crippen molar-refractivity contribution < 1.29 is 9.90 Å². The van der Waals surface area contributed by atoms with E-state index >= 15 is 0 Å². The molecular formula is C17H26O2. The molecule has 0 amide bonds. The number of carbonyl (C=O) groups excluding carboxylic acids is 1. The summed E-state index contributed by atoms with van der Waals surface area (Å²) < 4.78 is 0. The first-order valence-corrected chi connectivity index (χ1v) is 6.56. The van der Waals surface area contributed by atoms with Gasteiger partial charge in [-0.3, -0.25) is 4.79 Å². The molecule has 2 heteroatoms. The predicted molar refractivity (Wildman–Crippen MR) is 83.2 cm³/mol. The molecule has 0 bridgehead atoms. The number of benzene rings is 1. The van der Waals surface area contributed by atoms with Crippen LogP contribution in [-0.2, 0) is 4.79 Å². The topological polar surface area (TPSA) is 37.3 Å². The number of hydrogen-bond donors (Lipinski definition) is 1. The average molecular weight is 262 g/mol. The second-order valence-corrected chi connectivity index (χ2v) is 3.62. The van der Waals surface area contributed by atoms with Gasteiger partial charge in [0, 0.05) is 0 Å². The number of aliphatic hydroxyl groups excluding tert-OH is 1. The molecule has 0 aliphatic carbocycles. The third kappa shape index (κ3) is 14.3. The zero-order valence-corrected chi connectivity index (χ0v) is 12.7. The van der Waals surface area contributed by atoms with Crippen molar-refractivity contribution in [2.24, 2.45) is 0 Å². The van der Waals surface area contributed by atoms with Gasteiger partial charge < -0.3 is 5.11 Å². The van der Waals surface area contributed by atoms with Gasteiger partial charge in [0.2, 0.25) is 0 Å². The Bertz CT molecular complexity index is 376. The lowest BCUT2D eigenvalue weighted by Crippen LogP contribution is -1.87. The van der Waals surface area contributed by atoms with Crippen LogP contribution in [0.15, 0.2) is 54.1 Å². The second-order valence-electron chi connectivity index (χ2n) is 3.62. The fraction of sp³-hybridized carbons (Fsp3) is 0.353. The fourth-order valence-corrected chi connectivity index (χ4v) is 0.999. The lowest BCUT2D eigenvalue weighted by Gasteiger charge is -1.90. The minimum atomic E-state index is -0.0136. The lowest BCUT2D eigenvalue weighted by atomic mass is 10.2. The Hall–Kier alpha value is -1.67. The van der Waals surface area contributed by atoms with Crippen LogP contribution in [-0.4, -0.2) is 17.5 Å². The maximum absolute atomic E-state index is 10.4. The first-order valence-electron chi connectivity index (χ1n) is 6.56. The highest BCUT2D eigenvalue weighted by Gasteiger charge is 1.86. The summed E-state index contributed by atoms with van der Waals surface area (Å²) >= 11 is 0. The quantitative estimate of drug-likeness (QED) is 0.658. The van der Waals surface area contributed by atoms with E-state index in [1.807, 2.05) is 39.0 Å². The number of aliphatic hydroxyl groups is 1. The van der Waals surface area contributed by atoms with E-state index in [0.717, 1.165) is 5.57 Å². The maximum atomic E-state index is 10.4. The molecule has 0 atom stereocenters. The second kappa shape index (κ2) is 14.4. The standard InChI is InChI=1S/C8H12O2.C7H8.C2H6/c1-3-8(6-9)5-4-7(2)10;1-7-5-3-2-4-6-7;1-2/h3-5,9H,6H2,1-2H3;2-6H,1H3;1-2H3/b5-4-,8-3+;;. The fourth-order valence-electron chi connectivity index (χ4n) is 0.999. The van der Waals surface area contributed by atoms with Gasteiger partial charge in [0.15, 0.2) is 5.78 Å². The Balaban J connectivity index is 0. The summed E-state index contributed by atoms with van der Waals surface area (Å²) in [6, 6.07) is 10.3. The molecule has 106 valence electrons. The first kappa shape index (κ1) is 19.7. The molecule has 2 nitrogen and oxygen atoms in total. The number of carbonyl (C=O) groups is 1. The predicted octanol–water partition coefficient (Wildman–Crippen LogP) is 4.09. The summed E-state index contributed by atoms with van der Waals surface area (Å²) in [6.45, 7) is 9.36. The molecular weight excluding hydrogens is 236 g/mol. The molecule has 0 spiro atoms. The van der Waals surface area contributed by atoms with Gasteiger partial charge in [0.05, 0.1) is 6.61 Å². The highest BCUT2D eigenvalue weighted by Crippen LogP contribution is 1.94. The molecule has 0 saturated heterocycles. The van der Waals surface area contributed by atoms with Crippen molar-refractivity contribution in [3.8, 4) is 0 Å². The molecule has 19 heavy (non-hydrogen) atoms. The van der Waals surface area contributed by atoms with Crippen LogP contribution < -0.4 is 0 Å². The van der Waals surface area contributed by atoms with Crippen molar-refractivity contribution in [3.63, 3.8) is 0 Å². The zero-order chi connectivity index (χ0) is 15.1. The van der Waals surface area contributed by atoms with E-state index in [-0.39, 0.29) is 12.4 Å². The number of allylic oxidation sites excluding steroid dienone is 2. The van der Waals surface area contributed by atoms with Crippen LogP contribution in [0, 0.1) is 6.92 Å². The Morgan fingerprint density at radius 1 is 1.16 bits per heavy atom. The van der Waals surface area contributed by atoms with Gasteiger partial charge in [-0.05, 0) is 32.4 Å². The number of ketones is 1. The van der Waals surface area contributed by atoms with Gasteiger partial charge in [0.25, 0.3) is 0 Å². The minimum Gasteiger partial charge on any atom is -0.392 e. The summed E-state index contributed by atoms with van der Waals surface area (Å²) in [5, 5.41) is 8.61. The van der Waals surface area contributed by atoms with Crippen molar-refractivity contribution in [1.82, 2.24) is 0 Å². The van der Waals surface area contributed by atoms with Crippen LogP contribution in [0.25, 0.3) is 0 Å². The molecule has 0 aliphatic heterocycles. The van der Waals surface area contributed by atoms with Crippen LogP contribution >= 0.6 is 0 Å². The molecule has 1 N–H and O–H groups in total. The van der Waals surface area contributed by atoms with Crippen LogP contribution in [0.2, 0.25) is 0 Å². The van der Waals surface area contributed by atoms with Gasteiger partial charge in [-0.2, -0.15) is 0 Å². The van der Waals surface area contributed by atoms with Crippen molar-refractivity contribution in [3.05, 3.63) is 59.7 Å². The summed E-state index contributed by atoms with van der Waals surface area (Å²) in [5.41, 5.74) is 2.08. The number of hydrogen-bond acceptors (Lipinski definition) is 2. The van der Waals surface area contributed by atoms with E-state index in [4.69, 9.17) is 5.11 Å². The van der Waals surface area contributed by atoms with Crippen LogP contribution in [0.1, 0.15) is 33.3 Å². The van der Waals surface area contributed by atoms with Gasteiger partial charge in [-0.1, -0.05) is 61.9 Å². The molecule has 1 aromatic rings. The SMILES string of the molecule is C/C=C(\C=C/C(C)=O)CO.CC.Cc1ccccc1. The van der Waals surface area contributed by atoms with E-state index < -0.39 is 0 Å². The van der Waals surface area contributed by atoms with Crippen LogP contribution in [0.5, 0.6) is 0 Å². The molecule has 0 heterocycles. The molecule has 0 unspecified atom stereocenters. The normalized spacial score (nSPS) is 10.1. The monoisotopic (exact) mass is 262 g/mol. The molecule has 1 rings (SSSR count). The molecule has 0 saturated carbocycles. The Labute approximate surface area is 117 Å². The maximum Gasteiger partial charge on any atom is 0.152 e. The first-order chi connectivity index (χ1) is 9.10. The van der Waals surface area contributed by atoms with Crippen molar-refractivity contribution in [2.75, 3.05) is 6.61 Å². The average Bonchev–Trinajstić information content (AvgIpc) is 2.43. The Kier molecular flexibility index (Phi) is 14.9. The highest BCUT2D eigenvalue weighted by molar-refractivity contribution is 5.87. The van der Waals surface area contributed by atoms with Gasteiger partial charge in [-0.15, -0.1) is 0 Å². The van der Waals surface area contributed by atoms with E-state index in [9.17, 15) is 4.79 Å². The van der Waals surface area contributed by atoms with E-state index in [2.05, 4.69) is 19.1 Å². The van der Waals surface area contributed by atoms with Crippen LogP contribution in [0.3, 0.4) is 0 Å². The van der Waals surface area contributed by atoms with Gasteiger partial charge in [-0.25, -0.2) is 0 Å². The summed E-state index contributed by atoms with van der Waals surface area (Å²) in [4.78, 5) is 10.4. The molecule has 0 aromatic heterocycles. The Morgan fingerprint density at radius 3 is 1.95 bits per heavy atom. The van der Waals surface area contributed by atoms with Crippen molar-refractivity contribution >= 4 is 5.78 Å². The van der Waals surface area contributed by atoms with E-state index in [1.165, 1.54) is 18.6 Å². The minimum absolute atomic E-state index is 0.00667. The number of aryl methyl sites for hydroxylation is 1. The Morgan fingerprint density at radius 2 is 1.68 bits per heavy atom. The summed E-state index contributed by atoms with van der Waals surface area (Å²) in [7, 11) is 0. The van der Waals surface area contributed by atoms with E-state index in [1.54, 1.807) is 12.2 Å². The smallest absolute Gasteiger partial charge is 0.152 e. The van der Waals surface area contributed by atoms with Crippen molar-refractivity contribution in [1.29, 1.82) is 0 Å². The largest absolute Gasteiger partial charge is 0.392 e. The third-order valence-electron chi connectivity index (χ3n) is 2.03. The molecule has 0 aliphatic rings. The van der Waals surface area contributed by atoms with Gasteiger partial charge in [0.1, 0.15) is 0 Å². The molecule has 1 aromatic carbocycles. The van der Waals surface area contributed by atoms with Gasteiger partial charge >= 0.3 is 0 Å². The van der Waals surface area contributed by atoms with E-state index in [0.29, 0.717) is 0 Å².